The fraction of sp³-hybridized carbons (Fsp3) is 0.474. The van der Waals surface area contributed by atoms with Gasteiger partial charge in [0.25, 0.3) is 0 Å². The van der Waals surface area contributed by atoms with Crippen molar-refractivity contribution in [3.8, 4) is 11.3 Å². The summed E-state index contributed by atoms with van der Waals surface area (Å²) in [5.41, 5.74) is 7.96. The fourth-order valence-electron chi connectivity index (χ4n) is 4.45. The Bertz CT molecular complexity index is 786. The van der Waals surface area contributed by atoms with E-state index in [2.05, 4.69) is 15.5 Å². The molecule has 3 atom stereocenters. The lowest BCUT2D eigenvalue weighted by Crippen LogP contribution is -2.81. The average molecular weight is 340 g/mol. The second-order valence-electron chi connectivity index (χ2n) is 7.64. The Morgan fingerprint density at radius 2 is 2.24 bits per heavy atom. The summed E-state index contributed by atoms with van der Waals surface area (Å²) in [6.45, 7) is 4.81. The first-order chi connectivity index (χ1) is 11.9. The van der Waals surface area contributed by atoms with Gasteiger partial charge in [-0.15, -0.1) is 0 Å². The first kappa shape index (κ1) is 16.3. The topological polar surface area (TPSA) is 93.0 Å². The zero-order valence-corrected chi connectivity index (χ0v) is 14.6. The number of nitrogens with zero attached hydrogens (tertiary/aromatic N) is 1. The van der Waals surface area contributed by atoms with Crippen LogP contribution >= 0.6 is 0 Å². The van der Waals surface area contributed by atoms with Crippen LogP contribution in [0.1, 0.15) is 26.7 Å². The summed E-state index contributed by atoms with van der Waals surface area (Å²) in [6, 6.07) is 9.58. The van der Waals surface area contributed by atoms with Crippen LogP contribution in [0.5, 0.6) is 0 Å². The number of rotatable bonds is 3. The van der Waals surface area contributed by atoms with Crippen molar-refractivity contribution in [3.05, 3.63) is 36.5 Å². The van der Waals surface area contributed by atoms with Crippen molar-refractivity contribution >= 4 is 11.6 Å². The van der Waals surface area contributed by atoms with Crippen molar-refractivity contribution in [1.82, 2.24) is 10.2 Å². The predicted molar refractivity (Wildman–Crippen MR) is 95.8 cm³/mol. The number of aromatic amines is 1. The Hall–Kier alpha value is -2.18. The molecule has 25 heavy (non-hydrogen) atoms. The highest BCUT2D eigenvalue weighted by molar-refractivity contribution is 6.00. The molecule has 3 unspecified atom stereocenters. The van der Waals surface area contributed by atoms with Crippen molar-refractivity contribution in [3.63, 3.8) is 0 Å². The summed E-state index contributed by atoms with van der Waals surface area (Å²) in [5.74, 6) is -0.0574. The smallest absolute Gasteiger partial charge is 0.245 e. The van der Waals surface area contributed by atoms with Crippen LogP contribution in [0.2, 0.25) is 0 Å². The van der Waals surface area contributed by atoms with E-state index in [0.717, 1.165) is 36.4 Å². The number of anilines is 1. The van der Waals surface area contributed by atoms with Crippen molar-refractivity contribution in [2.75, 3.05) is 11.9 Å². The van der Waals surface area contributed by atoms with Gasteiger partial charge in [0.1, 0.15) is 5.54 Å². The summed E-state index contributed by atoms with van der Waals surface area (Å²) in [5, 5.41) is 9.92. The number of carbonyl (C=O) groups excluding carboxylic acids is 1. The molecule has 2 fully saturated rings. The number of hydrogen-bond donors (Lipinski definition) is 3. The molecule has 4 rings (SSSR count). The summed E-state index contributed by atoms with van der Waals surface area (Å²) >= 11 is 0. The van der Waals surface area contributed by atoms with Crippen LogP contribution in [0.25, 0.3) is 11.3 Å². The molecule has 2 heterocycles. The summed E-state index contributed by atoms with van der Waals surface area (Å²) in [4.78, 5) is 13.1. The molecule has 1 aromatic heterocycles. The second-order valence-corrected chi connectivity index (χ2v) is 7.64. The third-order valence-electron chi connectivity index (χ3n) is 5.99. The van der Waals surface area contributed by atoms with Gasteiger partial charge in [0.05, 0.1) is 11.8 Å². The molecule has 1 amide bonds. The third kappa shape index (κ3) is 2.32. The largest absolute Gasteiger partial charge is 0.377 e. The number of hydrogen-bond acceptors (Lipinski definition) is 4. The minimum atomic E-state index is -0.915. The van der Waals surface area contributed by atoms with Crippen LogP contribution in [-0.4, -0.2) is 34.4 Å². The van der Waals surface area contributed by atoms with Gasteiger partial charge in [-0.1, -0.05) is 26.0 Å². The molecule has 0 radical (unpaired) electrons. The first-order valence-corrected chi connectivity index (χ1v) is 8.76. The molecule has 132 valence electrons. The quantitative estimate of drug-likeness (QED) is 0.800. The van der Waals surface area contributed by atoms with Gasteiger partial charge in [-0.05, 0) is 31.0 Å². The summed E-state index contributed by atoms with van der Waals surface area (Å²) in [7, 11) is 0. The number of benzene rings is 1. The van der Waals surface area contributed by atoms with E-state index in [1.54, 1.807) is 6.20 Å². The molecule has 1 aliphatic carbocycles. The van der Waals surface area contributed by atoms with E-state index in [1.807, 2.05) is 44.2 Å². The van der Waals surface area contributed by atoms with Gasteiger partial charge in [-0.2, -0.15) is 5.10 Å². The van der Waals surface area contributed by atoms with Gasteiger partial charge in [0, 0.05) is 35.4 Å². The van der Waals surface area contributed by atoms with E-state index in [4.69, 9.17) is 10.5 Å². The van der Waals surface area contributed by atoms with E-state index >= 15 is 0 Å². The molecule has 1 aromatic carbocycles. The number of aromatic nitrogens is 2. The van der Waals surface area contributed by atoms with E-state index in [-0.39, 0.29) is 23.3 Å². The molecule has 2 aromatic rings. The first-order valence-electron chi connectivity index (χ1n) is 8.76. The van der Waals surface area contributed by atoms with Gasteiger partial charge in [0.15, 0.2) is 0 Å². The number of ether oxygens (including phenoxy) is 1. The monoisotopic (exact) mass is 340 g/mol. The molecule has 6 nitrogen and oxygen atoms in total. The minimum Gasteiger partial charge on any atom is -0.377 e. The highest BCUT2D eigenvalue weighted by atomic mass is 16.5. The standard InChI is InChI=1S/C19H24N4O2/c1-18(2)16-14(7-4-10-25-16)19(18,20)17(24)22-13-6-3-5-12(11-13)15-8-9-21-23-15/h3,5-6,8-9,11,14,16H,4,7,10,20H2,1-2H3,(H,21,23)(H,22,24). The lowest BCUT2D eigenvalue weighted by atomic mass is 9.46. The maximum Gasteiger partial charge on any atom is 0.245 e. The highest BCUT2D eigenvalue weighted by Gasteiger charge is 2.70. The van der Waals surface area contributed by atoms with Crippen LogP contribution in [-0.2, 0) is 9.53 Å². The minimum absolute atomic E-state index is 0.0633. The van der Waals surface area contributed by atoms with E-state index in [1.165, 1.54) is 0 Å². The highest BCUT2D eigenvalue weighted by Crippen LogP contribution is 2.57. The van der Waals surface area contributed by atoms with Crippen LogP contribution in [0, 0.1) is 11.3 Å². The van der Waals surface area contributed by atoms with Crippen LogP contribution in [0.3, 0.4) is 0 Å². The van der Waals surface area contributed by atoms with Crippen LogP contribution < -0.4 is 11.1 Å². The fourth-order valence-corrected chi connectivity index (χ4v) is 4.45. The Morgan fingerprint density at radius 3 is 3.00 bits per heavy atom. The molecule has 0 bridgehead atoms. The van der Waals surface area contributed by atoms with Gasteiger partial charge >= 0.3 is 0 Å². The van der Waals surface area contributed by atoms with Gasteiger partial charge in [0.2, 0.25) is 5.91 Å². The molecule has 2 aliphatic rings. The third-order valence-corrected chi connectivity index (χ3v) is 5.99. The summed E-state index contributed by atoms with van der Waals surface area (Å²) in [6.07, 6.45) is 3.66. The molecular weight excluding hydrogens is 316 g/mol. The molecule has 4 N–H and O–H groups in total. The number of nitrogens with two attached hydrogens (primary N) is 1. The normalized spacial score (nSPS) is 30.2. The zero-order valence-electron chi connectivity index (χ0n) is 14.6. The molecule has 1 saturated carbocycles. The van der Waals surface area contributed by atoms with Crippen molar-refractivity contribution in [1.29, 1.82) is 0 Å². The molecule has 1 saturated heterocycles. The average Bonchev–Trinajstić information content (AvgIpc) is 3.16. The number of carbonyl (C=O) groups is 1. The van der Waals surface area contributed by atoms with E-state index < -0.39 is 5.54 Å². The lowest BCUT2D eigenvalue weighted by Gasteiger charge is -2.65. The molecular formula is C19H24N4O2. The Balaban J connectivity index is 1.57. The lowest BCUT2D eigenvalue weighted by molar-refractivity contribution is -0.222. The summed E-state index contributed by atoms with van der Waals surface area (Å²) < 4.78 is 5.88. The van der Waals surface area contributed by atoms with Crippen LogP contribution in [0.4, 0.5) is 5.69 Å². The number of fused-ring (bicyclic) bond motifs is 1. The molecule has 6 heteroatoms. The number of H-pyrrole nitrogens is 1. The number of amides is 1. The van der Waals surface area contributed by atoms with Gasteiger partial charge < -0.3 is 15.8 Å². The van der Waals surface area contributed by atoms with Crippen LogP contribution in [0.15, 0.2) is 36.5 Å². The molecule has 1 aliphatic heterocycles. The molecule has 0 spiro atoms. The Labute approximate surface area is 147 Å². The van der Waals surface area contributed by atoms with E-state index in [9.17, 15) is 4.79 Å². The maximum absolute atomic E-state index is 13.1. The second kappa shape index (κ2) is 5.68. The Kier molecular flexibility index (Phi) is 3.70. The predicted octanol–water partition coefficient (Wildman–Crippen LogP) is 2.55. The van der Waals surface area contributed by atoms with Crippen molar-refractivity contribution < 1.29 is 9.53 Å². The SMILES string of the molecule is CC1(C)C2OCCCC2C1(N)C(=O)Nc1cccc(-c2ccn[nH]2)c1. The van der Waals surface area contributed by atoms with E-state index in [0.29, 0.717) is 0 Å². The van der Waals surface area contributed by atoms with Crippen molar-refractivity contribution in [2.45, 2.75) is 38.3 Å². The van der Waals surface area contributed by atoms with Gasteiger partial charge in [-0.25, -0.2) is 0 Å². The number of nitrogens with one attached hydrogen (secondary N) is 2. The van der Waals surface area contributed by atoms with Crippen molar-refractivity contribution in [2.24, 2.45) is 17.1 Å². The van der Waals surface area contributed by atoms with Gasteiger partial charge in [-0.3, -0.25) is 9.89 Å². The zero-order chi connectivity index (χ0) is 17.7. The Morgan fingerprint density at radius 1 is 1.40 bits per heavy atom. The maximum atomic E-state index is 13.1.